The van der Waals surface area contributed by atoms with Gasteiger partial charge in [0.1, 0.15) is 0 Å². The van der Waals surface area contributed by atoms with Crippen molar-refractivity contribution >= 4 is 22.4 Å². The van der Waals surface area contributed by atoms with E-state index in [-0.39, 0.29) is 11.9 Å². The predicted molar refractivity (Wildman–Crippen MR) is 110 cm³/mol. The molecule has 1 aromatic carbocycles. The zero-order valence-corrected chi connectivity index (χ0v) is 16.3. The topological polar surface area (TPSA) is 49.3 Å². The van der Waals surface area contributed by atoms with Crippen LogP contribution in [0.2, 0.25) is 0 Å². The summed E-state index contributed by atoms with van der Waals surface area (Å²) in [5, 5.41) is 0.772. The Kier molecular flexibility index (Phi) is 5.01. The van der Waals surface area contributed by atoms with Crippen molar-refractivity contribution < 1.29 is 4.79 Å². The van der Waals surface area contributed by atoms with Gasteiger partial charge < -0.3 is 4.90 Å². The zero-order chi connectivity index (χ0) is 18.8. The molecule has 3 aromatic rings. The summed E-state index contributed by atoms with van der Waals surface area (Å²) in [6.07, 6.45) is 4.10. The van der Waals surface area contributed by atoms with Gasteiger partial charge in [-0.1, -0.05) is 41.7 Å². The minimum atomic E-state index is 0.0880. The first-order valence-corrected chi connectivity index (χ1v) is 9.92. The molecule has 3 heterocycles. The van der Waals surface area contributed by atoms with E-state index in [0.29, 0.717) is 6.42 Å². The van der Waals surface area contributed by atoms with Crippen LogP contribution in [0.3, 0.4) is 0 Å². The highest BCUT2D eigenvalue weighted by Crippen LogP contribution is 2.41. The van der Waals surface area contributed by atoms with E-state index in [0.717, 1.165) is 39.9 Å². The van der Waals surface area contributed by atoms with Crippen molar-refractivity contribution in [1.82, 2.24) is 14.9 Å². The molecule has 1 fully saturated rings. The van der Waals surface area contributed by atoms with E-state index in [4.69, 9.17) is 4.98 Å². The van der Waals surface area contributed by atoms with Gasteiger partial charge in [-0.05, 0) is 31.7 Å². The molecule has 1 atom stereocenters. The van der Waals surface area contributed by atoms with Crippen LogP contribution in [-0.2, 0) is 4.79 Å². The molecular formula is C21H22N4OS. The summed E-state index contributed by atoms with van der Waals surface area (Å²) in [6.45, 7) is 3.72. The first-order valence-electron chi connectivity index (χ1n) is 9.10. The fourth-order valence-electron chi connectivity index (χ4n) is 3.47. The van der Waals surface area contributed by atoms with Crippen molar-refractivity contribution in [3.63, 3.8) is 0 Å². The Labute approximate surface area is 163 Å². The molecule has 5 nitrogen and oxygen atoms in total. The lowest BCUT2D eigenvalue weighted by Crippen LogP contribution is -2.40. The van der Waals surface area contributed by atoms with Crippen molar-refractivity contribution in [3.8, 4) is 21.7 Å². The Hall–Kier alpha value is -2.57. The first kappa shape index (κ1) is 17.8. The molecule has 138 valence electrons. The minimum Gasteiger partial charge on any atom is -0.304 e. The Morgan fingerprint density at radius 3 is 2.56 bits per heavy atom. The first-order chi connectivity index (χ1) is 13.1. The SMILES string of the molecule is CC1CN(C)CCC(=O)N1c1nc(-c2ccccc2)c(-c2ccncc2)s1. The average molecular weight is 379 g/mol. The number of thiazole rings is 1. The Morgan fingerprint density at radius 1 is 1.07 bits per heavy atom. The van der Waals surface area contributed by atoms with Crippen molar-refractivity contribution in [2.24, 2.45) is 0 Å². The Bertz CT molecular complexity index is 869. The number of amides is 1. The third-order valence-electron chi connectivity index (χ3n) is 4.80. The second-order valence-electron chi connectivity index (χ2n) is 6.90. The highest BCUT2D eigenvalue weighted by molar-refractivity contribution is 7.19. The molecule has 1 saturated heterocycles. The van der Waals surface area contributed by atoms with E-state index in [1.807, 2.05) is 35.2 Å². The molecule has 1 aliphatic rings. The summed E-state index contributed by atoms with van der Waals surface area (Å²) in [7, 11) is 2.06. The zero-order valence-electron chi connectivity index (χ0n) is 15.5. The summed E-state index contributed by atoms with van der Waals surface area (Å²) >= 11 is 1.58. The summed E-state index contributed by atoms with van der Waals surface area (Å²) in [5.41, 5.74) is 3.04. The Balaban J connectivity index is 1.83. The number of likely N-dealkylation sites (N-methyl/N-ethyl adjacent to an activating group) is 1. The summed E-state index contributed by atoms with van der Waals surface area (Å²) in [6, 6.07) is 14.2. The smallest absolute Gasteiger partial charge is 0.230 e. The number of rotatable bonds is 3. The Morgan fingerprint density at radius 2 is 1.81 bits per heavy atom. The van der Waals surface area contributed by atoms with E-state index in [1.54, 1.807) is 23.7 Å². The van der Waals surface area contributed by atoms with Gasteiger partial charge in [0.15, 0.2) is 5.13 Å². The average Bonchev–Trinajstić information content (AvgIpc) is 3.07. The van der Waals surface area contributed by atoms with Gasteiger partial charge in [0.25, 0.3) is 0 Å². The maximum Gasteiger partial charge on any atom is 0.230 e. The molecule has 1 aliphatic heterocycles. The molecule has 4 rings (SSSR count). The molecule has 2 aromatic heterocycles. The molecule has 27 heavy (non-hydrogen) atoms. The van der Waals surface area contributed by atoms with Gasteiger partial charge in [-0.2, -0.15) is 0 Å². The van der Waals surface area contributed by atoms with Crippen LogP contribution >= 0.6 is 11.3 Å². The van der Waals surface area contributed by atoms with Crippen LogP contribution in [0.1, 0.15) is 13.3 Å². The van der Waals surface area contributed by atoms with Crippen LogP contribution < -0.4 is 4.90 Å². The van der Waals surface area contributed by atoms with Crippen molar-refractivity contribution in [1.29, 1.82) is 0 Å². The standard InChI is InChI=1S/C21H22N4OS/c1-15-14-24(2)13-10-18(26)25(15)21-23-19(16-6-4-3-5-7-16)20(27-21)17-8-11-22-12-9-17/h3-9,11-12,15H,10,13-14H2,1-2H3. The van der Waals surface area contributed by atoms with Crippen molar-refractivity contribution in [2.75, 3.05) is 25.0 Å². The highest BCUT2D eigenvalue weighted by Gasteiger charge is 2.30. The summed E-state index contributed by atoms with van der Waals surface area (Å²) < 4.78 is 0. The molecule has 0 bridgehead atoms. The number of carbonyl (C=O) groups is 1. The number of benzene rings is 1. The van der Waals surface area contributed by atoms with Gasteiger partial charge >= 0.3 is 0 Å². The van der Waals surface area contributed by atoms with Gasteiger partial charge in [-0.25, -0.2) is 4.98 Å². The molecule has 0 radical (unpaired) electrons. The van der Waals surface area contributed by atoms with Gasteiger partial charge in [0.05, 0.1) is 10.6 Å². The fourth-order valence-corrected chi connectivity index (χ4v) is 4.69. The second-order valence-corrected chi connectivity index (χ2v) is 7.88. The van der Waals surface area contributed by atoms with Gasteiger partial charge in [0, 0.05) is 43.5 Å². The molecule has 0 spiro atoms. The number of hydrogen-bond acceptors (Lipinski definition) is 5. The molecule has 0 N–H and O–H groups in total. The van der Waals surface area contributed by atoms with Crippen LogP contribution in [0.15, 0.2) is 54.9 Å². The predicted octanol–water partition coefficient (Wildman–Crippen LogP) is 3.93. The number of nitrogens with zero attached hydrogens (tertiary/aromatic N) is 4. The molecule has 0 saturated carbocycles. The van der Waals surface area contributed by atoms with Crippen LogP contribution in [0.25, 0.3) is 21.7 Å². The largest absolute Gasteiger partial charge is 0.304 e. The summed E-state index contributed by atoms with van der Waals surface area (Å²) in [4.78, 5) is 27.0. The highest BCUT2D eigenvalue weighted by atomic mass is 32.1. The van der Waals surface area contributed by atoms with E-state index in [9.17, 15) is 4.79 Å². The lowest BCUT2D eigenvalue weighted by Gasteiger charge is -2.25. The molecule has 1 amide bonds. The third-order valence-corrected chi connectivity index (χ3v) is 5.91. The second kappa shape index (κ2) is 7.58. The van der Waals surface area contributed by atoms with Crippen LogP contribution in [0.5, 0.6) is 0 Å². The number of carbonyl (C=O) groups excluding carboxylic acids is 1. The van der Waals surface area contributed by atoms with Gasteiger partial charge in [-0.15, -0.1) is 0 Å². The van der Waals surface area contributed by atoms with Crippen LogP contribution in [0.4, 0.5) is 5.13 Å². The quantitative estimate of drug-likeness (QED) is 0.693. The maximum atomic E-state index is 12.8. The van der Waals surface area contributed by atoms with E-state index in [1.165, 1.54) is 0 Å². The normalized spacial score (nSPS) is 18.5. The fraction of sp³-hybridized carbons (Fsp3) is 0.286. The molecular weight excluding hydrogens is 356 g/mol. The van der Waals surface area contributed by atoms with Gasteiger partial charge in [-0.3, -0.25) is 14.7 Å². The molecule has 0 aliphatic carbocycles. The third kappa shape index (κ3) is 3.63. The number of pyridine rings is 1. The van der Waals surface area contributed by atoms with Crippen molar-refractivity contribution in [2.45, 2.75) is 19.4 Å². The molecule has 6 heteroatoms. The van der Waals surface area contributed by atoms with Crippen LogP contribution in [-0.4, -0.2) is 47.0 Å². The minimum absolute atomic E-state index is 0.0880. The van der Waals surface area contributed by atoms with Crippen molar-refractivity contribution in [3.05, 3.63) is 54.9 Å². The van der Waals surface area contributed by atoms with Crippen LogP contribution in [0, 0.1) is 0 Å². The monoisotopic (exact) mass is 378 g/mol. The maximum absolute atomic E-state index is 12.8. The van der Waals surface area contributed by atoms with E-state index in [2.05, 4.69) is 36.0 Å². The number of aromatic nitrogens is 2. The van der Waals surface area contributed by atoms with E-state index >= 15 is 0 Å². The lowest BCUT2D eigenvalue weighted by atomic mass is 10.1. The molecule has 1 unspecified atom stereocenters. The van der Waals surface area contributed by atoms with Gasteiger partial charge in [0.2, 0.25) is 5.91 Å². The van der Waals surface area contributed by atoms with E-state index < -0.39 is 0 Å². The summed E-state index contributed by atoms with van der Waals surface area (Å²) in [5.74, 6) is 0.140. The number of anilines is 1. The lowest BCUT2D eigenvalue weighted by molar-refractivity contribution is -0.118. The number of hydrogen-bond donors (Lipinski definition) is 0.